The van der Waals surface area contributed by atoms with Gasteiger partial charge in [-0.1, -0.05) is 12.5 Å². The zero-order valence-corrected chi connectivity index (χ0v) is 14.1. The standard InChI is InChI=1S/C19H23N3O3/c23-17(24)19-7-1-2-15(19)11-22(12-19)18(25)21-8-5-13-3-4-16-14(10-13)6-9-20-16/h3-4,6,9-10,15,20H,1-2,5,7-8,11-12H2,(H,21,25)(H,23,24)/t15-,19+/m0/s1. The lowest BCUT2D eigenvalue weighted by molar-refractivity contribution is -0.149. The van der Waals surface area contributed by atoms with Crippen LogP contribution in [-0.2, 0) is 11.2 Å². The zero-order chi connectivity index (χ0) is 17.4. The molecule has 2 amide bonds. The fourth-order valence-electron chi connectivity index (χ4n) is 4.48. The van der Waals surface area contributed by atoms with Crippen molar-refractivity contribution >= 4 is 22.9 Å². The van der Waals surface area contributed by atoms with E-state index in [0.717, 1.165) is 24.8 Å². The van der Waals surface area contributed by atoms with Gasteiger partial charge in [0.05, 0.1) is 5.41 Å². The Kier molecular flexibility index (Phi) is 3.90. The normalized spacial score (nSPS) is 25.3. The highest BCUT2D eigenvalue weighted by Gasteiger charge is 2.55. The Hall–Kier alpha value is -2.50. The molecule has 1 aromatic heterocycles. The van der Waals surface area contributed by atoms with Crippen LogP contribution in [0.3, 0.4) is 0 Å². The summed E-state index contributed by atoms with van der Waals surface area (Å²) >= 11 is 0. The molecule has 1 aromatic carbocycles. The molecule has 2 aliphatic rings. The van der Waals surface area contributed by atoms with Crippen LogP contribution >= 0.6 is 0 Å². The summed E-state index contributed by atoms with van der Waals surface area (Å²) in [6, 6.07) is 8.12. The summed E-state index contributed by atoms with van der Waals surface area (Å²) in [6.07, 6.45) is 5.22. The first-order valence-electron chi connectivity index (χ1n) is 8.91. The minimum atomic E-state index is -0.745. The van der Waals surface area contributed by atoms with Crippen molar-refractivity contribution in [2.24, 2.45) is 11.3 Å². The van der Waals surface area contributed by atoms with Crippen molar-refractivity contribution in [2.75, 3.05) is 19.6 Å². The van der Waals surface area contributed by atoms with Crippen molar-refractivity contribution in [3.8, 4) is 0 Å². The number of carbonyl (C=O) groups is 2. The maximum atomic E-state index is 12.4. The molecule has 4 rings (SSSR count). The Balaban J connectivity index is 1.33. The Morgan fingerprint density at radius 1 is 1.36 bits per heavy atom. The van der Waals surface area contributed by atoms with Gasteiger partial charge >= 0.3 is 12.0 Å². The van der Waals surface area contributed by atoms with Crippen LogP contribution in [0.15, 0.2) is 30.5 Å². The van der Waals surface area contributed by atoms with Crippen LogP contribution in [0.2, 0.25) is 0 Å². The highest BCUT2D eigenvalue weighted by molar-refractivity contribution is 5.81. The SMILES string of the molecule is O=C(NCCc1ccc2[nH]ccc2c1)N1C[C@@H]2CCC[C@@]2(C(=O)O)C1. The fraction of sp³-hybridized carbons (Fsp3) is 0.474. The van der Waals surface area contributed by atoms with Gasteiger partial charge in [0.1, 0.15) is 0 Å². The second-order valence-electron chi connectivity index (χ2n) is 7.31. The Labute approximate surface area is 146 Å². The van der Waals surface area contributed by atoms with Crippen LogP contribution in [0.1, 0.15) is 24.8 Å². The maximum Gasteiger partial charge on any atom is 0.317 e. The molecule has 6 nitrogen and oxygen atoms in total. The fourth-order valence-corrected chi connectivity index (χ4v) is 4.48. The lowest BCUT2D eigenvalue weighted by Gasteiger charge is -2.23. The summed E-state index contributed by atoms with van der Waals surface area (Å²) in [5, 5.41) is 13.7. The Morgan fingerprint density at radius 3 is 3.04 bits per heavy atom. The van der Waals surface area contributed by atoms with Gasteiger partial charge in [-0.3, -0.25) is 4.79 Å². The number of nitrogens with one attached hydrogen (secondary N) is 2. The lowest BCUT2D eigenvalue weighted by atomic mass is 9.81. The number of fused-ring (bicyclic) bond motifs is 2. The Morgan fingerprint density at radius 2 is 2.24 bits per heavy atom. The smallest absolute Gasteiger partial charge is 0.317 e. The Bertz CT molecular complexity index is 815. The minimum absolute atomic E-state index is 0.103. The largest absolute Gasteiger partial charge is 0.481 e. The number of carboxylic acids is 1. The lowest BCUT2D eigenvalue weighted by Crippen LogP contribution is -2.42. The predicted molar refractivity (Wildman–Crippen MR) is 94.4 cm³/mol. The summed E-state index contributed by atoms with van der Waals surface area (Å²) < 4.78 is 0. The molecule has 0 spiro atoms. The van der Waals surface area contributed by atoms with Crippen molar-refractivity contribution in [1.82, 2.24) is 15.2 Å². The van der Waals surface area contributed by atoms with Crippen LogP contribution in [0.25, 0.3) is 10.9 Å². The molecule has 2 atom stereocenters. The number of carbonyl (C=O) groups excluding carboxylic acids is 1. The van der Waals surface area contributed by atoms with Gasteiger partial charge in [-0.15, -0.1) is 0 Å². The van der Waals surface area contributed by atoms with Crippen molar-refractivity contribution in [1.29, 1.82) is 0 Å². The maximum absolute atomic E-state index is 12.4. The van der Waals surface area contributed by atoms with E-state index in [1.165, 1.54) is 10.9 Å². The monoisotopic (exact) mass is 341 g/mol. The first-order chi connectivity index (χ1) is 12.1. The van der Waals surface area contributed by atoms with E-state index in [0.29, 0.717) is 26.1 Å². The molecule has 0 radical (unpaired) electrons. The van der Waals surface area contributed by atoms with Crippen LogP contribution < -0.4 is 5.32 Å². The molecule has 0 bridgehead atoms. The zero-order valence-electron chi connectivity index (χ0n) is 14.1. The summed E-state index contributed by atoms with van der Waals surface area (Å²) in [4.78, 5) is 29.0. The number of urea groups is 1. The molecule has 1 aliphatic carbocycles. The number of H-pyrrole nitrogens is 1. The number of benzene rings is 1. The van der Waals surface area contributed by atoms with Crippen LogP contribution in [0, 0.1) is 11.3 Å². The molecule has 0 unspecified atom stereocenters. The van der Waals surface area contributed by atoms with E-state index in [2.05, 4.69) is 22.4 Å². The van der Waals surface area contributed by atoms with Gasteiger partial charge in [-0.25, -0.2) is 4.79 Å². The molecule has 2 fully saturated rings. The van der Waals surface area contributed by atoms with E-state index < -0.39 is 11.4 Å². The van der Waals surface area contributed by atoms with E-state index in [1.54, 1.807) is 4.90 Å². The van der Waals surface area contributed by atoms with Gasteiger partial charge in [0.2, 0.25) is 0 Å². The minimum Gasteiger partial charge on any atom is -0.481 e. The topological polar surface area (TPSA) is 85.4 Å². The van der Waals surface area contributed by atoms with Gasteiger partial charge in [0, 0.05) is 31.3 Å². The second kappa shape index (κ2) is 6.10. The molecule has 3 N–H and O–H groups in total. The molecule has 2 heterocycles. The third-order valence-corrected chi connectivity index (χ3v) is 5.89. The summed E-state index contributed by atoms with van der Waals surface area (Å²) in [5.41, 5.74) is 1.57. The molecule has 1 aliphatic heterocycles. The molecule has 25 heavy (non-hydrogen) atoms. The van der Waals surface area contributed by atoms with Crippen molar-refractivity contribution in [3.63, 3.8) is 0 Å². The summed E-state index contributed by atoms with van der Waals surface area (Å²) in [6.45, 7) is 1.46. The number of nitrogens with zero attached hydrogens (tertiary/aromatic N) is 1. The number of hydrogen-bond acceptors (Lipinski definition) is 2. The van der Waals surface area contributed by atoms with Crippen molar-refractivity contribution in [2.45, 2.75) is 25.7 Å². The third-order valence-electron chi connectivity index (χ3n) is 5.89. The van der Waals surface area contributed by atoms with E-state index in [1.807, 2.05) is 18.3 Å². The van der Waals surface area contributed by atoms with Crippen LogP contribution in [-0.4, -0.2) is 46.6 Å². The number of likely N-dealkylation sites (tertiary alicyclic amines) is 1. The van der Waals surface area contributed by atoms with Crippen molar-refractivity contribution in [3.05, 3.63) is 36.0 Å². The number of rotatable bonds is 4. The number of hydrogen-bond donors (Lipinski definition) is 3. The molecule has 6 heteroatoms. The van der Waals surface area contributed by atoms with E-state index in [9.17, 15) is 14.7 Å². The molecule has 1 saturated carbocycles. The highest BCUT2D eigenvalue weighted by atomic mass is 16.4. The molecular formula is C19H23N3O3. The number of aromatic amines is 1. The summed E-state index contributed by atoms with van der Waals surface area (Å²) in [5.74, 6) is -0.642. The van der Waals surface area contributed by atoms with Crippen molar-refractivity contribution < 1.29 is 14.7 Å². The molecule has 132 valence electrons. The van der Waals surface area contributed by atoms with Gasteiger partial charge in [-0.05, 0) is 54.3 Å². The first kappa shape index (κ1) is 16.0. The number of amides is 2. The number of aliphatic carboxylic acids is 1. The number of carboxylic acid groups (broad SMARTS) is 1. The van der Waals surface area contributed by atoms with Gasteiger partial charge in [0.15, 0.2) is 0 Å². The first-order valence-corrected chi connectivity index (χ1v) is 8.91. The quantitative estimate of drug-likeness (QED) is 0.799. The highest BCUT2D eigenvalue weighted by Crippen LogP contribution is 2.48. The predicted octanol–water partition coefficient (Wildman–Crippen LogP) is 2.61. The van der Waals surface area contributed by atoms with Gasteiger partial charge in [0.25, 0.3) is 0 Å². The number of aromatic nitrogens is 1. The molecule has 2 aromatic rings. The van der Waals surface area contributed by atoms with Crippen LogP contribution in [0.4, 0.5) is 4.79 Å². The molecule has 1 saturated heterocycles. The van der Waals surface area contributed by atoms with Gasteiger partial charge in [-0.2, -0.15) is 0 Å². The van der Waals surface area contributed by atoms with E-state index in [4.69, 9.17) is 0 Å². The second-order valence-corrected chi connectivity index (χ2v) is 7.31. The average Bonchev–Trinajstić information content (AvgIpc) is 3.27. The van der Waals surface area contributed by atoms with Gasteiger partial charge < -0.3 is 20.3 Å². The van der Waals surface area contributed by atoms with E-state index in [-0.39, 0.29) is 11.9 Å². The average molecular weight is 341 g/mol. The third kappa shape index (κ3) is 2.75. The molecular weight excluding hydrogens is 318 g/mol. The van der Waals surface area contributed by atoms with E-state index >= 15 is 0 Å². The summed E-state index contributed by atoms with van der Waals surface area (Å²) in [7, 11) is 0. The van der Waals surface area contributed by atoms with Crippen LogP contribution in [0.5, 0.6) is 0 Å².